The van der Waals surface area contributed by atoms with Gasteiger partial charge in [-0.15, -0.1) is 6.58 Å². The summed E-state index contributed by atoms with van der Waals surface area (Å²) in [4.78, 5) is 81.5. The molecular weight excluding hydrogens is 612 g/mol. The molecule has 1 saturated heterocycles. The van der Waals surface area contributed by atoms with Crippen LogP contribution in [0.5, 0.6) is 0 Å². The molecule has 48 heavy (non-hydrogen) atoms. The van der Waals surface area contributed by atoms with E-state index in [9.17, 15) is 28.8 Å². The van der Waals surface area contributed by atoms with Crippen molar-refractivity contribution < 1.29 is 28.8 Å². The number of Topliss-reactive ketones (excluding diaryl/α,β-unsaturated/α-hetero) is 1. The first-order valence-corrected chi connectivity index (χ1v) is 18.0. The number of carbonyl (C=O) groups is 6. The Labute approximate surface area is 286 Å². The second-order valence-electron chi connectivity index (χ2n) is 15.5. The van der Waals surface area contributed by atoms with Crippen LogP contribution in [0.15, 0.2) is 12.7 Å². The number of piperidine rings is 1. The molecule has 270 valence electrons. The van der Waals surface area contributed by atoms with Crippen molar-refractivity contribution >= 4 is 35.4 Å². The van der Waals surface area contributed by atoms with Crippen LogP contribution in [0.3, 0.4) is 0 Å². The summed E-state index contributed by atoms with van der Waals surface area (Å²) in [6, 6.07) is -3.46. The molecule has 0 spiro atoms. The van der Waals surface area contributed by atoms with E-state index in [2.05, 4.69) is 47.0 Å². The predicted molar refractivity (Wildman–Crippen MR) is 185 cm³/mol. The molecule has 2 aliphatic carbocycles. The van der Waals surface area contributed by atoms with Gasteiger partial charge in [-0.1, -0.05) is 73.3 Å². The van der Waals surface area contributed by atoms with E-state index in [1.54, 1.807) is 4.90 Å². The van der Waals surface area contributed by atoms with Crippen LogP contribution >= 0.6 is 0 Å². The van der Waals surface area contributed by atoms with Gasteiger partial charge in [-0.2, -0.15) is 0 Å². The second kappa shape index (κ2) is 16.8. The maximum absolute atomic E-state index is 14.5. The van der Waals surface area contributed by atoms with E-state index in [0.29, 0.717) is 25.9 Å². The number of ketones is 1. The van der Waals surface area contributed by atoms with E-state index in [4.69, 9.17) is 0 Å². The minimum Gasteiger partial charge on any atom is -0.356 e. The molecular formula is C36H60N6O6. The van der Waals surface area contributed by atoms with Gasteiger partial charge in [-0.3, -0.25) is 24.0 Å². The molecule has 1 heterocycles. The second-order valence-corrected chi connectivity index (χ2v) is 15.5. The van der Waals surface area contributed by atoms with Crippen LogP contribution in [0, 0.1) is 28.6 Å². The van der Waals surface area contributed by atoms with E-state index in [-0.39, 0.29) is 65.8 Å². The van der Waals surface area contributed by atoms with Crippen molar-refractivity contribution in [2.24, 2.45) is 28.6 Å². The topological polar surface area (TPSA) is 166 Å². The lowest BCUT2D eigenvalue weighted by Crippen LogP contribution is -2.61. The van der Waals surface area contributed by atoms with Gasteiger partial charge in [-0.05, 0) is 61.2 Å². The van der Waals surface area contributed by atoms with E-state index < -0.39 is 41.8 Å². The quantitative estimate of drug-likeness (QED) is 0.125. The highest BCUT2D eigenvalue weighted by Crippen LogP contribution is 2.65. The first-order valence-electron chi connectivity index (χ1n) is 18.0. The number of likely N-dealkylation sites (tertiary alicyclic amines) is 1. The SMILES string of the molecule is C=CCNC(=O)C(=O)C(CCC)NC(=O)C1[C@@H]2[C@H](CN1C(=O)[C@@H](NC(=O)N[C@H](CCC(=O)NCC)C(C)(C)C)C1CCCCC1)C2(C)C. The molecule has 12 heteroatoms. The molecule has 6 amide bonds. The van der Waals surface area contributed by atoms with Crippen molar-refractivity contribution in [2.75, 3.05) is 19.6 Å². The average molecular weight is 673 g/mol. The van der Waals surface area contributed by atoms with Crippen LogP contribution in [-0.4, -0.2) is 84.1 Å². The highest BCUT2D eigenvalue weighted by molar-refractivity contribution is 6.38. The summed E-state index contributed by atoms with van der Waals surface area (Å²) < 4.78 is 0. The number of urea groups is 1. The standard InChI is InChI=1S/C36H60N6O6/c1-9-15-24(30(44)32(46)38-20-10-2)39-31(45)29-27-23(36(27,7)8)21-42(29)33(47)28(22-16-13-12-14-17-22)41-34(48)40-25(35(4,5)6)18-19-26(43)37-11-3/h10,22-25,27-29H,2,9,11-21H2,1,3-8H3,(H,37,43)(H,38,46)(H,39,45)(H2,40,41,48)/t23-,24?,25+,27-,28-,29?/m0/s1. The molecule has 0 aromatic carbocycles. The number of nitrogens with one attached hydrogen (secondary N) is 5. The minimum atomic E-state index is -1.02. The fraction of sp³-hybridized carbons (Fsp3) is 0.778. The molecule has 3 aliphatic rings. The largest absolute Gasteiger partial charge is 0.356 e. The Balaban J connectivity index is 1.83. The van der Waals surface area contributed by atoms with Crippen LogP contribution in [0.25, 0.3) is 0 Å². The van der Waals surface area contributed by atoms with Crippen LogP contribution in [0.1, 0.15) is 106 Å². The van der Waals surface area contributed by atoms with E-state index in [0.717, 1.165) is 32.1 Å². The summed E-state index contributed by atoms with van der Waals surface area (Å²) in [5.74, 6) is -2.42. The zero-order valence-corrected chi connectivity index (χ0v) is 30.2. The van der Waals surface area contributed by atoms with Crippen molar-refractivity contribution in [3.63, 3.8) is 0 Å². The van der Waals surface area contributed by atoms with Gasteiger partial charge in [0.05, 0.1) is 6.04 Å². The van der Waals surface area contributed by atoms with Gasteiger partial charge in [0.25, 0.3) is 5.91 Å². The zero-order valence-electron chi connectivity index (χ0n) is 30.2. The number of carbonyl (C=O) groups excluding carboxylic acids is 6. The maximum atomic E-state index is 14.5. The molecule has 6 atom stereocenters. The lowest BCUT2D eigenvalue weighted by molar-refractivity contribution is -0.144. The van der Waals surface area contributed by atoms with Crippen molar-refractivity contribution in [3.05, 3.63) is 12.7 Å². The summed E-state index contributed by atoms with van der Waals surface area (Å²) >= 11 is 0. The number of fused-ring (bicyclic) bond motifs is 1. The molecule has 3 fully saturated rings. The van der Waals surface area contributed by atoms with Gasteiger partial charge in [0.2, 0.25) is 23.5 Å². The lowest BCUT2D eigenvalue weighted by atomic mass is 9.82. The average Bonchev–Trinajstić information content (AvgIpc) is 3.34. The first kappa shape index (κ1) is 39.0. The van der Waals surface area contributed by atoms with Crippen molar-refractivity contribution in [2.45, 2.75) is 130 Å². The van der Waals surface area contributed by atoms with Crippen molar-refractivity contribution in [3.8, 4) is 0 Å². The van der Waals surface area contributed by atoms with Gasteiger partial charge >= 0.3 is 6.03 Å². The number of amides is 6. The molecule has 3 rings (SSSR count). The van der Waals surface area contributed by atoms with Crippen LogP contribution in [0.4, 0.5) is 4.79 Å². The predicted octanol–water partition coefficient (Wildman–Crippen LogP) is 3.20. The van der Waals surface area contributed by atoms with E-state index >= 15 is 0 Å². The monoisotopic (exact) mass is 672 g/mol. The molecule has 0 bridgehead atoms. The molecule has 0 aromatic rings. The highest BCUT2D eigenvalue weighted by Gasteiger charge is 2.69. The van der Waals surface area contributed by atoms with Gasteiger partial charge in [-0.25, -0.2) is 4.79 Å². The third-order valence-corrected chi connectivity index (χ3v) is 10.7. The molecule has 0 radical (unpaired) electrons. The van der Waals surface area contributed by atoms with Crippen LogP contribution in [-0.2, 0) is 24.0 Å². The Kier molecular flexibility index (Phi) is 13.6. The number of nitrogens with zero attached hydrogens (tertiary/aromatic N) is 1. The summed E-state index contributed by atoms with van der Waals surface area (Å²) in [6.45, 7) is 18.5. The minimum absolute atomic E-state index is 0.0793. The Morgan fingerprint density at radius 2 is 1.60 bits per heavy atom. The van der Waals surface area contributed by atoms with Crippen LogP contribution < -0.4 is 26.6 Å². The molecule has 5 N–H and O–H groups in total. The summed E-state index contributed by atoms with van der Waals surface area (Å²) in [5, 5.41) is 14.2. The Morgan fingerprint density at radius 3 is 2.19 bits per heavy atom. The third kappa shape index (κ3) is 9.59. The maximum Gasteiger partial charge on any atom is 0.315 e. The van der Waals surface area contributed by atoms with Gasteiger partial charge < -0.3 is 31.5 Å². The Bertz CT molecular complexity index is 1210. The van der Waals surface area contributed by atoms with Gasteiger partial charge in [0.15, 0.2) is 0 Å². The molecule has 2 saturated carbocycles. The Hall–Kier alpha value is -3.44. The number of rotatable bonds is 16. The van der Waals surface area contributed by atoms with Crippen LogP contribution in [0.2, 0.25) is 0 Å². The lowest BCUT2D eigenvalue weighted by Gasteiger charge is -2.38. The van der Waals surface area contributed by atoms with Gasteiger partial charge in [0, 0.05) is 32.1 Å². The zero-order chi connectivity index (χ0) is 35.8. The van der Waals surface area contributed by atoms with E-state index in [1.807, 2.05) is 34.6 Å². The summed E-state index contributed by atoms with van der Waals surface area (Å²) in [6.07, 6.45) is 7.57. The van der Waals surface area contributed by atoms with Crippen molar-refractivity contribution in [1.29, 1.82) is 0 Å². The molecule has 12 nitrogen and oxygen atoms in total. The van der Waals surface area contributed by atoms with Crippen molar-refractivity contribution in [1.82, 2.24) is 31.5 Å². The molecule has 0 aromatic heterocycles. The third-order valence-electron chi connectivity index (χ3n) is 10.7. The van der Waals surface area contributed by atoms with Gasteiger partial charge in [0.1, 0.15) is 12.1 Å². The summed E-state index contributed by atoms with van der Waals surface area (Å²) in [7, 11) is 0. The van der Waals surface area contributed by atoms with E-state index in [1.165, 1.54) is 6.08 Å². The molecule has 1 aliphatic heterocycles. The molecule has 2 unspecified atom stereocenters. The smallest absolute Gasteiger partial charge is 0.315 e. The fourth-order valence-corrected chi connectivity index (χ4v) is 7.69. The number of hydrogen-bond acceptors (Lipinski definition) is 6. The normalized spacial score (nSPS) is 23.5. The fourth-order valence-electron chi connectivity index (χ4n) is 7.69. The Morgan fingerprint density at radius 1 is 0.938 bits per heavy atom. The highest BCUT2D eigenvalue weighted by atomic mass is 16.2. The number of hydrogen-bond donors (Lipinski definition) is 5. The first-order chi connectivity index (χ1) is 22.6. The summed E-state index contributed by atoms with van der Waals surface area (Å²) in [5.41, 5.74) is -0.506.